The Labute approximate surface area is 148 Å². The molecule has 2 heterocycles. The molecule has 3 aromatic rings. The number of ketones is 1. The maximum Gasteiger partial charge on any atom is 0.262 e. The van der Waals surface area contributed by atoms with Gasteiger partial charge in [0.2, 0.25) is 0 Å². The van der Waals surface area contributed by atoms with Gasteiger partial charge in [-0.25, -0.2) is 4.98 Å². The highest BCUT2D eigenvalue weighted by Gasteiger charge is 2.16. The van der Waals surface area contributed by atoms with Crippen molar-refractivity contribution >= 4 is 38.9 Å². The van der Waals surface area contributed by atoms with Crippen LogP contribution in [0.5, 0.6) is 0 Å². The molecule has 0 bridgehead atoms. The molecule has 4 nitrogen and oxygen atoms in total. The lowest BCUT2D eigenvalue weighted by Crippen LogP contribution is -2.24. The minimum absolute atomic E-state index is 0.0558. The maximum atomic E-state index is 13.0. The van der Waals surface area contributed by atoms with Crippen LogP contribution in [0.1, 0.15) is 24.7 Å². The number of hydrogen-bond donors (Lipinski definition) is 0. The Morgan fingerprint density at radius 2 is 2.08 bits per heavy atom. The first-order chi connectivity index (χ1) is 11.4. The Bertz CT molecular complexity index is 1000. The van der Waals surface area contributed by atoms with Crippen LogP contribution in [0.15, 0.2) is 28.4 Å². The third-order valence-electron chi connectivity index (χ3n) is 4.04. The number of fused-ring (bicyclic) bond motifs is 1. The first kappa shape index (κ1) is 16.9. The highest BCUT2D eigenvalue weighted by atomic mass is 35.5. The summed E-state index contributed by atoms with van der Waals surface area (Å²) in [5.41, 5.74) is 2.68. The molecule has 2 aromatic heterocycles. The van der Waals surface area contributed by atoms with E-state index in [1.807, 2.05) is 30.5 Å². The molecule has 0 unspecified atom stereocenters. The van der Waals surface area contributed by atoms with Crippen molar-refractivity contribution in [3.63, 3.8) is 0 Å². The van der Waals surface area contributed by atoms with E-state index in [4.69, 9.17) is 11.6 Å². The summed E-state index contributed by atoms with van der Waals surface area (Å²) >= 11 is 7.56. The average molecular weight is 361 g/mol. The summed E-state index contributed by atoms with van der Waals surface area (Å²) in [5, 5.41) is 3.26. The molecule has 0 radical (unpaired) electrons. The Kier molecular flexibility index (Phi) is 4.56. The summed E-state index contributed by atoms with van der Waals surface area (Å²) in [6.45, 7) is 5.62. The normalized spacial score (nSPS) is 11.2. The van der Waals surface area contributed by atoms with Gasteiger partial charge in [-0.2, -0.15) is 0 Å². The Morgan fingerprint density at radius 3 is 2.75 bits per heavy atom. The van der Waals surface area contributed by atoms with Crippen molar-refractivity contribution < 1.29 is 4.79 Å². The molecule has 1 aromatic carbocycles. The first-order valence-corrected chi connectivity index (χ1v) is 8.89. The third kappa shape index (κ3) is 3.01. The molecular weight excluding hydrogens is 344 g/mol. The van der Waals surface area contributed by atoms with E-state index in [0.29, 0.717) is 29.2 Å². The van der Waals surface area contributed by atoms with Crippen LogP contribution in [0.2, 0.25) is 5.02 Å². The summed E-state index contributed by atoms with van der Waals surface area (Å²) in [7, 11) is 0. The molecule has 0 fully saturated rings. The number of rotatable bonds is 4. The van der Waals surface area contributed by atoms with Gasteiger partial charge in [-0.1, -0.05) is 17.7 Å². The number of Topliss-reactive ketones (excluding diaryl/α,β-unsaturated/α-hetero) is 1. The van der Waals surface area contributed by atoms with Gasteiger partial charge < -0.3 is 0 Å². The summed E-state index contributed by atoms with van der Waals surface area (Å²) in [6.07, 6.45) is 0.327. The molecule has 6 heteroatoms. The Morgan fingerprint density at radius 1 is 1.33 bits per heavy atom. The SMILES string of the molecule is CC(=O)CCn1c(C)nc2scc(-c3ccc(Cl)c(C)c3)c2c1=O. The molecule has 0 atom stereocenters. The molecule has 0 N–H and O–H groups in total. The van der Waals surface area contributed by atoms with E-state index >= 15 is 0 Å². The summed E-state index contributed by atoms with van der Waals surface area (Å²) in [6, 6.07) is 5.73. The van der Waals surface area contributed by atoms with Crippen molar-refractivity contribution in [2.24, 2.45) is 0 Å². The maximum absolute atomic E-state index is 13.0. The zero-order valence-corrected chi connectivity index (χ0v) is 15.3. The summed E-state index contributed by atoms with van der Waals surface area (Å²) in [5.74, 6) is 0.690. The van der Waals surface area contributed by atoms with Gasteiger partial charge in [0.25, 0.3) is 5.56 Å². The van der Waals surface area contributed by atoms with Crippen molar-refractivity contribution in [3.8, 4) is 11.1 Å². The van der Waals surface area contributed by atoms with Crippen LogP contribution in [-0.2, 0) is 11.3 Å². The van der Waals surface area contributed by atoms with Crippen molar-refractivity contribution in [2.45, 2.75) is 33.7 Å². The van der Waals surface area contributed by atoms with Gasteiger partial charge in [0, 0.05) is 28.9 Å². The number of thiophene rings is 1. The second-order valence-electron chi connectivity index (χ2n) is 5.86. The molecule has 0 aliphatic carbocycles. The minimum Gasteiger partial charge on any atom is -0.300 e. The number of aromatic nitrogens is 2. The Hall–Kier alpha value is -1.98. The van der Waals surface area contributed by atoms with E-state index in [9.17, 15) is 9.59 Å². The number of hydrogen-bond acceptors (Lipinski definition) is 4. The van der Waals surface area contributed by atoms with E-state index < -0.39 is 0 Å². The number of carbonyl (C=O) groups is 1. The quantitative estimate of drug-likeness (QED) is 0.694. The van der Waals surface area contributed by atoms with Crippen LogP contribution >= 0.6 is 22.9 Å². The van der Waals surface area contributed by atoms with Crippen LogP contribution < -0.4 is 5.56 Å². The fourth-order valence-electron chi connectivity index (χ4n) is 2.68. The molecule has 0 aliphatic heterocycles. The molecule has 3 rings (SSSR count). The standard InChI is InChI=1S/C18H17ClN2O2S/c1-10-8-13(4-5-15(10)19)14-9-24-17-16(14)18(23)21(12(3)20-17)7-6-11(2)22/h4-5,8-9H,6-7H2,1-3H3. The average Bonchev–Trinajstić information content (AvgIpc) is 2.93. The molecule has 124 valence electrons. The van der Waals surface area contributed by atoms with Crippen LogP contribution in [-0.4, -0.2) is 15.3 Å². The lowest BCUT2D eigenvalue weighted by molar-refractivity contribution is -0.117. The fourth-order valence-corrected chi connectivity index (χ4v) is 3.78. The number of nitrogens with zero attached hydrogens (tertiary/aromatic N) is 2. The van der Waals surface area contributed by atoms with Crippen molar-refractivity contribution in [2.75, 3.05) is 0 Å². The first-order valence-electron chi connectivity index (χ1n) is 7.63. The van der Waals surface area contributed by atoms with Crippen molar-refractivity contribution in [1.82, 2.24) is 9.55 Å². The number of carbonyl (C=O) groups excluding carboxylic acids is 1. The van der Waals surface area contributed by atoms with E-state index in [2.05, 4.69) is 4.98 Å². The van der Waals surface area contributed by atoms with Crippen LogP contribution in [0.25, 0.3) is 21.3 Å². The Balaban J connectivity index is 2.20. The van der Waals surface area contributed by atoms with Crippen LogP contribution in [0.4, 0.5) is 0 Å². The van der Waals surface area contributed by atoms with Gasteiger partial charge >= 0.3 is 0 Å². The van der Waals surface area contributed by atoms with Crippen molar-refractivity contribution in [3.05, 3.63) is 50.3 Å². The second kappa shape index (κ2) is 6.49. The topological polar surface area (TPSA) is 52.0 Å². The number of aryl methyl sites for hydroxylation is 2. The second-order valence-corrected chi connectivity index (χ2v) is 7.13. The predicted molar refractivity (Wildman–Crippen MR) is 99.1 cm³/mol. The smallest absolute Gasteiger partial charge is 0.262 e. The zero-order chi connectivity index (χ0) is 17.4. The number of halogens is 1. The fraction of sp³-hybridized carbons (Fsp3) is 0.278. The molecule has 0 saturated carbocycles. The van der Waals surface area contributed by atoms with Gasteiger partial charge in [0.1, 0.15) is 16.4 Å². The monoisotopic (exact) mass is 360 g/mol. The summed E-state index contributed by atoms with van der Waals surface area (Å²) in [4.78, 5) is 29.5. The van der Waals surface area contributed by atoms with Gasteiger partial charge in [-0.3, -0.25) is 14.2 Å². The van der Waals surface area contributed by atoms with Crippen LogP contribution in [0.3, 0.4) is 0 Å². The molecule has 24 heavy (non-hydrogen) atoms. The van der Waals surface area contributed by atoms with E-state index in [1.54, 1.807) is 11.5 Å². The highest BCUT2D eigenvalue weighted by Crippen LogP contribution is 2.32. The van der Waals surface area contributed by atoms with Gasteiger partial charge in [-0.15, -0.1) is 11.3 Å². The lowest BCUT2D eigenvalue weighted by Gasteiger charge is -2.09. The van der Waals surface area contributed by atoms with Gasteiger partial charge in [0.05, 0.1) is 5.39 Å². The molecular formula is C18H17ClN2O2S. The van der Waals surface area contributed by atoms with Crippen molar-refractivity contribution in [1.29, 1.82) is 0 Å². The zero-order valence-electron chi connectivity index (χ0n) is 13.7. The van der Waals surface area contributed by atoms with Crippen LogP contribution in [0, 0.1) is 13.8 Å². The minimum atomic E-state index is -0.0948. The van der Waals surface area contributed by atoms with Gasteiger partial charge in [0.15, 0.2) is 0 Å². The largest absolute Gasteiger partial charge is 0.300 e. The molecule has 0 spiro atoms. The predicted octanol–water partition coefficient (Wildman–Crippen LogP) is 4.37. The summed E-state index contributed by atoms with van der Waals surface area (Å²) < 4.78 is 1.59. The van der Waals surface area contributed by atoms with Gasteiger partial charge in [-0.05, 0) is 44.0 Å². The molecule has 0 aliphatic rings. The van der Waals surface area contributed by atoms with E-state index in [0.717, 1.165) is 21.5 Å². The lowest BCUT2D eigenvalue weighted by atomic mass is 10.0. The highest BCUT2D eigenvalue weighted by molar-refractivity contribution is 7.17. The molecule has 0 amide bonds. The van der Waals surface area contributed by atoms with E-state index in [-0.39, 0.29) is 11.3 Å². The molecule has 0 saturated heterocycles. The van der Waals surface area contributed by atoms with E-state index in [1.165, 1.54) is 18.3 Å². The number of benzene rings is 1. The third-order valence-corrected chi connectivity index (χ3v) is 5.34.